The first-order chi connectivity index (χ1) is 12.0. The van der Waals surface area contributed by atoms with Crippen molar-refractivity contribution < 1.29 is 4.31 Å². The molecule has 0 amide bonds. The highest BCUT2D eigenvalue weighted by molar-refractivity contribution is 9.11. The van der Waals surface area contributed by atoms with Crippen LogP contribution in [0.3, 0.4) is 0 Å². The number of halogens is 2. The molecule has 0 saturated heterocycles. The number of rotatable bonds is 3. The number of nitrogen functional groups attached to an aromatic ring is 1. The molecule has 0 fully saturated rings. The highest BCUT2D eigenvalue weighted by Gasteiger charge is 2.26. The van der Waals surface area contributed by atoms with Gasteiger partial charge in [0.15, 0.2) is 0 Å². The Balaban J connectivity index is 2.14. The molecule has 3 aromatic heterocycles. The van der Waals surface area contributed by atoms with E-state index in [4.69, 9.17) is 18.5 Å². The van der Waals surface area contributed by atoms with Gasteiger partial charge >= 0.3 is 0 Å². The standard InChI is InChI=1S/C15H10Br2N4S4/c1-21(22)15-11(7-3-5-9(17)24-7)14-13(19-25-20-14)10(12(15)18)6-2-4-8(16)23-6/h2-5,21H,18H2,1H3. The lowest BCUT2D eigenvalue weighted by atomic mass is 10.0. The minimum absolute atomic E-state index is 0.668. The fraction of sp³-hybridized carbons (Fsp3) is 0.0667. The zero-order chi connectivity index (χ0) is 17.7. The van der Waals surface area contributed by atoms with Crippen molar-refractivity contribution >= 4 is 101 Å². The number of anilines is 1. The number of benzene rings is 1. The Hall–Kier alpha value is -0.490. The van der Waals surface area contributed by atoms with Gasteiger partial charge in [-0.2, -0.15) is 8.75 Å². The van der Waals surface area contributed by atoms with E-state index in [1.54, 1.807) is 22.7 Å². The van der Waals surface area contributed by atoms with Crippen LogP contribution < -0.4 is 10.0 Å². The molecular formula is C15H10Br2N4S4. The van der Waals surface area contributed by atoms with E-state index in [9.17, 15) is 0 Å². The SMILES string of the molecule is C[NH+]([S-])c1c(N)c(-c2ccc(Br)s2)c2nsnc2c1-c1ccc(Br)s1. The fourth-order valence-electron chi connectivity index (χ4n) is 2.77. The number of nitrogens with one attached hydrogen (secondary N) is 1. The van der Waals surface area contributed by atoms with Gasteiger partial charge in [0, 0.05) is 15.3 Å². The monoisotopic (exact) mass is 532 g/mol. The van der Waals surface area contributed by atoms with E-state index in [0.717, 1.165) is 49.5 Å². The van der Waals surface area contributed by atoms with Crippen molar-refractivity contribution in [2.45, 2.75) is 0 Å². The summed E-state index contributed by atoms with van der Waals surface area (Å²) in [5.41, 5.74) is 11.8. The molecule has 25 heavy (non-hydrogen) atoms. The van der Waals surface area contributed by atoms with Crippen molar-refractivity contribution in [1.82, 2.24) is 8.75 Å². The summed E-state index contributed by atoms with van der Waals surface area (Å²) in [7, 11) is 1.91. The van der Waals surface area contributed by atoms with E-state index in [1.807, 2.05) is 25.2 Å². The Labute approximate surface area is 178 Å². The average Bonchev–Trinajstić information content (AvgIpc) is 3.27. The number of aromatic nitrogens is 2. The third-order valence-electron chi connectivity index (χ3n) is 3.74. The van der Waals surface area contributed by atoms with Crippen LogP contribution in [0.15, 0.2) is 31.8 Å². The van der Waals surface area contributed by atoms with Gasteiger partial charge in [-0.25, -0.2) is 0 Å². The van der Waals surface area contributed by atoms with E-state index in [2.05, 4.69) is 46.7 Å². The Morgan fingerprint density at radius 1 is 0.960 bits per heavy atom. The number of hydrogen-bond acceptors (Lipinski definition) is 7. The number of thiophene rings is 2. The Kier molecular flexibility index (Phi) is 4.95. The number of fused-ring (bicyclic) bond motifs is 1. The molecule has 10 heteroatoms. The predicted molar refractivity (Wildman–Crippen MR) is 118 cm³/mol. The highest BCUT2D eigenvalue weighted by atomic mass is 79.9. The average molecular weight is 534 g/mol. The number of quaternary nitrogens is 1. The first-order valence-corrected chi connectivity index (χ1v) is 11.4. The number of hydrogen-bond donors (Lipinski definition) is 2. The maximum absolute atomic E-state index is 6.63. The molecule has 4 aromatic rings. The second-order valence-electron chi connectivity index (χ2n) is 5.26. The smallest absolute Gasteiger partial charge is 0.148 e. The Morgan fingerprint density at radius 3 is 1.96 bits per heavy atom. The van der Waals surface area contributed by atoms with Crippen molar-refractivity contribution in [1.29, 1.82) is 0 Å². The van der Waals surface area contributed by atoms with Crippen molar-refractivity contribution in [3.8, 4) is 20.9 Å². The molecule has 0 radical (unpaired) electrons. The molecule has 0 saturated carbocycles. The van der Waals surface area contributed by atoms with Crippen LogP contribution in [-0.4, -0.2) is 15.8 Å². The van der Waals surface area contributed by atoms with Gasteiger partial charge in [0.1, 0.15) is 22.4 Å². The quantitative estimate of drug-likeness (QED) is 0.291. The molecule has 0 spiro atoms. The molecule has 1 atom stereocenters. The molecule has 4 nitrogen and oxygen atoms in total. The minimum atomic E-state index is 0.668. The lowest BCUT2D eigenvalue weighted by Gasteiger charge is -2.23. The van der Waals surface area contributed by atoms with Crippen LogP contribution >= 0.6 is 66.3 Å². The van der Waals surface area contributed by atoms with Gasteiger partial charge < -0.3 is 22.9 Å². The first-order valence-electron chi connectivity index (χ1n) is 7.07. The summed E-state index contributed by atoms with van der Waals surface area (Å²) in [5, 5.41) is 0. The summed E-state index contributed by atoms with van der Waals surface area (Å²) < 4.78 is 12.0. The van der Waals surface area contributed by atoms with Gasteiger partial charge in [-0.15, -0.1) is 22.7 Å². The molecule has 128 valence electrons. The third-order valence-corrected chi connectivity index (χ3v) is 7.76. The molecule has 3 heterocycles. The lowest BCUT2D eigenvalue weighted by Crippen LogP contribution is -2.98. The van der Waals surface area contributed by atoms with Crippen LogP contribution in [0.25, 0.3) is 31.9 Å². The summed E-state index contributed by atoms with van der Waals surface area (Å²) in [6, 6.07) is 8.14. The highest BCUT2D eigenvalue weighted by Crippen LogP contribution is 2.48. The molecule has 4 rings (SSSR count). The molecular weight excluding hydrogens is 524 g/mol. The van der Waals surface area contributed by atoms with Crippen LogP contribution in [-0.2, 0) is 12.8 Å². The van der Waals surface area contributed by atoms with Gasteiger partial charge in [0.05, 0.1) is 31.9 Å². The second-order valence-corrected chi connectivity index (χ2v) is 11.3. The largest absolute Gasteiger partial charge is 0.490 e. The summed E-state index contributed by atoms with van der Waals surface area (Å²) in [5.74, 6) is 0. The summed E-state index contributed by atoms with van der Waals surface area (Å²) in [6.07, 6.45) is 0. The van der Waals surface area contributed by atoms with Gasteiger partial charge in [-0.1, -0.05) is 0 Å². The Bertz CT molecular complexity index is 1080. The predicted octanol–water partition coefficient (Wildman–Crippen LogP) is 4.86. The Morgan fingerprint density at radius 2 is 1.48 bits per heavy atom. The van der Waals surface area contributed by atoms with E-state index in [-0.39, 0.29) is 0 Å². The van der Waals surface area contributed by atoms with E-state index >= 15 is 0 Å². The van der Waals surface area contributed by atoms with Crippen molar-refractivity contribution in [2.75, 3.05) is 12.8 Å². The van der Waals surface area contributed by atoms with Crippen molar-refractivity contribution in [2.24, 2.45) is 0 Å². The van der Waals surface area contributed by atoms with Crippen LogP contribution in [0.5, 0.6) is 0 Å². The lowest BCUT2D eigenvalue weighted by molar-refractivity contribution is -0.646. The summed E-state index contributed by atoms with van der Waals surface area (Å²) in [4.78, 5) is 2.13. The number of nitrogens with zero attached hydrogens (tertiary/aromatic N) is 2. The molecule has 3 N–H and O–H groups in total. The van der Waals surface area contributed by atoms with Crippen molar-refractivity contribution in [3.05, 3.63) is 31.8 Å². The molecule has 0 aliphatic rings. The van der Waals surface area contributed by atoms with Gasteiger partial charge in [0.25, 0.3) is 0 Å². The van der Waals surface area contributed by atoms with Crippen LogP contribution in [0.2, 0.25) is 0 Å². The first kappa shape index (κ1) is 17.9. The second kappa shape index (κ2) is 6.91. The minimum Gasteiger partial charge on any atom is -0.490 e. The molecule has 0 aliphatic carbocycles. The normalized spacial score (nSPS) is 12.8. The third kappa shape index (κ3) is 3.07. The number of nitrogens with two attached hydrogens (primary N) is 1. The van der Waals surface area contributed by atoms with Crippen LogP contribution in [0.4, 0.5) is 11.4 Å². The zero-order valence-electron chi connectivity index (χ0n) is 12.7. The van der Waals surface area contributed by atoms with Crippen LogP contribution in [0.1, 0.15) is 0 Å². The van der Waals surface area contributed by atoms with E-state index < -0.39 is 0 Å². The van der Waals surface area contributed by atoms with E-state index in [0.29, 0.717) is 5.69 Å². The molecule has 0 bridgehead atoms. The summed E-state index contributed by atoms with van der Waals surface area (Å²) in [6.45, 7) is 0. The van der Waals surface area contributed by atoms with Crippen LogP contribution in [0, 0.1) is 0 Å². The van der Waals surface area contributed by atoms with E-state index in [1.165, 1.54) is 11.7 Å². The van der Waals surface area contributed by atoms with Crippen molar-refractivity contribution in [3.63, 3.8) is 0 Å². The molecule has 1 aromatic carbocycles. The molecule has 0 aliphatic heterocycles. The van der Waals surface area contributed by atoms with Gasteiger partial charge in [-0.3, -0.25) is 0 Å². The molecule has 1 unspecified atom stereocenters. The zero-order valence-corrected chi connectivity index (χ0v) is 19.1. The fourth-order valence-corrected chi connectivity index (χ4v) is 6.43. The van der Waals surface area contributed by atoms with Gasteiger partial charge in [-0.05, 0) is 56.1 Å². The topological polar surface area (TPSA) is 56.2 Å². The maximum Gasteiger partial charge on any atom is 0.148 e. The van der Waals surface area contributed by atoms with Gasteiger partial charge in [0.2, 0.25) is 0 Å². The maximum atomic E-state index is 6.63. The summed E-state index contributed by atoms with van der Waals surface area (Å²) >= 11 is 17.1.